The molecule has 2 nitrogen and oxygen atoms in total. The Bertz CT molecular complexity index is 339. The molecule has 0 aromatic carbocycles. The zero-order chi connectivity index (χ0) is 12.1. The first kappa shape index (κ1) is 11.7. The third-order valence-corrected chi connectivity index (χ3v) is 4.39. The van der Waals surface area contributed by atoms with Crippen molar-refractivity contribution >= 4 is 5.97 Å². The van der Waals surface area contributed by atoms with E-state index in [0.29, 0.717) is 17.3 Å². The van der Waals surface area contributed by atoms with E-state index in [-0.39, 0.29) is 18.0 Å². The van der Waals surface area contributed by atoms with Gasteiger partial charge in [-0.1, -0.05) is 39.3 Å². The van der Waals surface area contributed by atoms with Crippen LogP contribution in [-0.2, 0) is 9.53 Å². The van der Waals surface area contributed by atoms with Crippen molar-refractivity contribution < 1.29 is 9.53 Å². The Morgan fingerprint density at radius 1 is 1.50 bits per heavy atom. The van der Waals surface area contributed by atoms with Crippen LogP contribution >= 0.6 is 0 Å². The van der Waals surface area contributed by atoms with Crippen LogP contribution in [0.1, 0.15) is 41.0 Å². The lowest BCUT2D eigenvalue weighted by Gasteiger charge is -2.60. The molecule has 3 aliphatic carbocycles. The van der Waals surface area contributed by atoms with E-state index in [1.165, 1.54) is 5.57 Å². The number of rotatable bonds is 2. The van der Waals surface area contributed by atoms with Crippen LogP contribution in [0.15, 0.2) is 11.6 Å². The molecular weight excluding hydrogens is 200 g/mol. The van der Waals surface area contributed by atoms with Crippen molar-refractivity contribution in [3.05, 3.63) is 11.6 Å². The van der Waals surface area contributed by atoms with Crippen molar-refractivity contribution in [1.82, 2.24) is 0 Å². The van der Waals surface area contributed by atoms with Crippen molar-refractivity contribution in [2.45, 2.75) is 47.1 Å². The van der Waals surface area contributed by atoms with Crippen molar-refractivity contribution in [1.29, 1.82) is 0 Å². The molecule has 0 unspecified atom stereocenters. The zero-order valence-corrected chi connectivity index (χ0v) is 10.9. The molecule has 0 radical (unpaired) electrons. The van der Waals surface area contributed by atoms with Gasteiger partial charge in [0.1, 0.15) is 6.10 Å². The number of allylic oxidation sites excluding steroid dienone is 1. The second-order valence-electron chi connectivity index (χ2n) is 6.15. The van der Waals surface area contributed by atoms with Gasteiger partial charge in [0.25, 0.3) is 0 Å². The molecule has 0 aromatic heterocycles. The van der Waals surface area contributed by atoms with Gasteiger partial charge in [0, 0.05) is 11.8 Å². The predicted octanol–water partition coefficient (Wildman–Crippen LogP) is 3.18. The second-order valence-corrected chi connectivity index (χ2v) is 6.15. The van der Waals surface area contributed by atoms with Crippen LogP contribution in [-0.4, -0.2) is 12.1 Å². The molecule has 0 heterocycles. The third kappa shape index (κ3) is 1.50. The Balaban J connectivity index is 2.11. The molecule has 2 bridgehead atoms. The van der Waals surface area contributed by atoms with Gasteiger partial charge in [0.15, 0.2) is 0 Å². The molecule has 3 atom stereocenters. The van der Waals surface area contributed by atoms with E-state index in [0.717, 1.165) is 6.42 Å². The van der Waals surface area contributed by atoms with Gasteiger partial charge in [-0.25, -0.2) is 0 Å². The number of carbonyl (C=O) groups excluding carboxylic acids is 1. The molecule has 0 saturated heterocycles. The summed E-state index contributed by atoms with van der Waals surface area (Å²) in [5.74, 6) is 0.886. The fourth-order valence-electron chi connectivity index (χ4n) is 3.34. The molecule has 0 aliphatic heterocycles. The number of hydrogen-bond acceptors (Lipinski definition) is 2. The monoisotopic (exact) mass is 222 g/mol. The highest BCUT2D eigenvalue weighted by atomic mass is 16.5. The minimum Gasteiger partial charge on any atom is -0.461 e. The quantitative estimate of drug-likeness (QED) is 0.530. The Kier molecular flexibility index (Phi) is 2.64. The first-order valence-electron chi connectivity index (χ1n) is 6.23. The standard InChI is InChI=1S/C14H22O2/c1-8(2)13(15)16-12-10-7-6-9(3)11(12)14(10,4)5/h6,8,10-12H,7H2,1-5H3/t10-,11+,12+/m0/s1. The average Bonchev–Trinajstić information content (AvgIpc) is 2.16. The van der Waals surface area contributed by atoms with E-state index in [9.17, 15) is 4.79 Å². The van der Waals surface area contributed by atoms with E-state index in [4.69, 9.17) is 4.74 Å². The summed E-state index contributed by atoms with van der Waals surface area (Å²) >= 11 is 0. The topological polar surface area (TPSA) is 26.3 Å². The minimum atomic E-state index is -0.0507. The number of carbonyl (C=O) groups is 1. The van der Waals surface area contributed by atoms with Crippen molar-refractivity contribution in [3.63, 3.8) is 0 Å². The van der Waals surface area contributed by atoms with Gasteiger partial charge in [-0.3, -0.25) is 4.79 Å². The number of hydrogen-bond donors (Lipinski definition) is 0. The molecule has 0 amide bonds. The summed E-state index contributed by atoms with van der Waals surface area (Å²) < 4.78 is 5.64. The minimum absolute atomic E-state index is 0.0197. The summed E-state index contributed by atoms with van der Waals surface area (Å²) in [4.78, 5) is 11.7. The molecule has 2 heteroatoms. The maximum absolute atomic E-state index is 11.7. The summed E-state index contributed by atoms with van der Waals surface area (Å²) in [6.07, 6.45) is 3.50. The second kappa shape index (κ2) is 3.61. The normalized spacial score (nSPS) is 35.4. The van der Waals surface area contributed by atoms with Gasteiger partial charge in [0.2, 0.25) is 0 Å². The van der Waals surface area contributed by atoms with Crippen LogP contribution < -0.4 is 0 Å². The molecule has 16 heavy (non-hydrogen) atoms. The van der Waals surface area contributed by atoms with Gasteiger partial charge >= 0.3 is 5.97 Å². The van der Waals surface area contributed by atoms with E-state index in [2.05, 4.69) is 26.8 Å². The Morgan fingerprint density at radius 3 is 2.56 bits per heavy atom. The number of fused-ring (bicyclic) bond motifs is 1. The van der Waals surface area contributed by atoms with E-state index in [1.807, 2.05) is 13.8 Å². The maximum Gasteiger partial charge on any atom is 0.308 e. The molecular formula is C14H22O2. The molecule has 0 N–H and O–H groups in total. The highest BCUT2D eigenvalue weighted by Gasteiger charge is 2.60. The van der Waals surface area contributed by atoms with Crippen LogP contribution in [0.2, 0.25) is 0 Å². The number of ether oxygens (including phenoxy) is 1. The average molecular weight is 222 g/mol. The molecule has 90 valence electrons. The lowest BCUT2D eigenvalue weighted by Crippen LogP contribution is -2.61. The molecule has 1 saturated carbocycles. The van der Waals surface area contributed by atoms with Crippen LogP contribution in [0.4, 0.5) is 0 Å². The molecule has 3 rings (SSSR count). The summed E-state index contributed by atoms with van der Waals surface area (Å²) in [5.41, 5.74) is 1.70. The molecule has 1 fully saturated rings. The van der Waals surface area contributed by atoms with Crippen LogP contribution in [0.25, 0.3) is 0 Å². The Labute approximate surface area is 98.1 Å². The van der Waals surface area contributed by atoms with Gasteiger partial charge in [-0.05, 0) is 18.8 Å². The first-order valence-corrected chi connectivity index (χ1v) is 6.23. The highest BCUT2D eigenvalue weighted by molar-refractivity contribution is 5.72. The highest BCUT2D eigenvalue weighted by Crippen LogP contribution is 2.60. The Morgan fingerprint density at radius 2 is 2.12 bits per heavy atom. The summed E-state index contributed by atoms with van der Waals surface area (Å²) in [7, 11) is 0. The molecule has 3 aliphatic rings. The zero-order valence-electron chi connectivity index (χ0n) is 10.9. The van der Waals surface area contributed by atoms with Gasteiger partial charge < -0.3 is 4.74 Å². The smallest absolute Gasteiger partial charge is 0.308 e. The fraction of sp³-hybridized carbons (Fsp3) is 0.786. The largest absolute Gasteiger partial charge is 0.461 e. The maximum atomic E-state index is 11.7. The van der Waals surface area contributed by atoms with Crippen molar-refractivity contribution in [3.8, 4) is 0 Å². The van der Waals surface area contributed by atoms with Crippen LogP contribution in [0.3, 0.4) is 0 Å². The Hall–Kier alpha value is -0.790. The number of esters is 1. The van der Waals surface area contributed by atoms with E-state index in [1.54, 1.807) is 0 Å². The van der Waals surface area contributed by atoms with Gasteiger partial charge in [-0.2, -0.15) is 0 Å². The van der Waals surface area contributed by atoms with Crippen molar-refractivity contribution in [2.24, 2.45) is 23.2 Å². The predicted molar refractivity (Wildman–Crippen MR) is 63.9 cm³/mol. The van der Waals surface area contributed by atoms with Crippen LogP contribution in [0, 0.1) is 23.2 Å². The summed E-state index contributed by atoms with van der Waals surface area (Å²) in [6.45, 7) is 10.5. The SMILES string of the molecule is CC1=CC[C@H]2[C@@H](OC(=O)C(C)C)[C@@H]1C2(C)C. The van der Waals surface area contributed by atoms with Gasteiger partial charge in [-0.15, -0.1) is 0 Å². The lowest BCUT2D eigenvalue weighted by molar-refractivity contribution is -0.195. The summed E-state index contributed by atoms with van der Waals surface area (Å²) in [5, 5.41) is 0. The van der Waals surface area contributed by atoms with E-state index >= 15 is 0 Å². The van der Waals surface area contributed by atoms with Gasteiger partial charge in [0.05, 0.1) is 5.92 Å². The van der Waals surface area contributed by atoms with Crippen molar-refractivity contribution in [2.75, 3.05) is 0 Å². The lowest BCUT2D eigenvalue weighted by atomic mass is 9.47. The first-order chi connectivity index (χ1) is 7.35. The van der Waals surface area contributed by atoms with Crippen LogP contribution in [0.5, 0.6) is 0 Å². The molecule has 0 spiro atoms. The fourth-order valence-corrected chi connectivity index (χ4v) is 3.34. The molecule has 0 aromatic rings. The summed E-state index contributed by atoms with van der Waals surface area (Å²) in [6, 6.07) is 0. The van der Waals surface area contributed by atoms with E-state index < -0.39 is 0 Å². The third-order valence-electron chi connectivity index (χ3n) is 4.39.